The van der Waals surface area contributed by atoms with Gasteiger partial charge in [-0.2, -0.15) is 19.9 Å². The van der Waals surface area contributed by atoms with E-state index in [9.17, 15) is 4.79 Å². The number of carbonyl (C=O) groups is 1. The zero-order valence-electron chi connectivity index (χ0n) is 50.5. The van der Waals surface area contributed by atoms with Crippen LogP contribution < -0.4 is 29.1 Å². The molecule has 1 amide bonds. The van der Waals surface area contributed by atoms with Crippen molar-refractivity contribution in [3.8, 4) is 12.0 Å². The van der Waals surface area contributed by atoms with Crippen LogP contribution in [-0.2, 0) is 37.3 Å². The number of benzene rings is 5. The van der Waals surface area contributed by atoms with Gasteiger partial charge in [-0.05, 0) is 121 Å². The standard InChI is InChI=1S/C38H43N7O3.C31H38N6O/c1-38(18-10-19-42(38)3)27-48-36-40-33-25-43(34-16-9-14-29-13-7-8-15-31(29)34)20-17-32(33)35(41-36)44-21-22-45(30(24-44)23-39-2)37(46)47-26-28-11-5-4-6-12-28;1-31(15-8-16-35(31)3)22-38-30-33-27-21-36(28-13-6-11-24-10-4-5-12-25(24)28)18-14-26(27)29(34-30)37-17-7-9-23(20-37)19-32-2/h4-9,11-16,30H,10,17-27H2,1,3H3;4-6,10-13,23H,7-9,14-22H2,1,3H3/t30?,38-;23?,31-/m00/s1. The zero-order valence-corrected chi connectivity index (χ0v) is 50.5. The van der Waals surface area contributed by atoms with Crippen molar-refractivity contribution in [2.45, 2.75) is 102 Å². The number of hydrogen-bond acceptors (Lipinski definition) is 14. The van der Waals surface area contributed by atoms with Crippen molar-refractivity contribution in [2.24, 2.45) is 5.92 Å². The number of amides is 1. The number of likely N-dealkylation sites (tertiary alicyclic amines) is 2. The van der Waals surface area contributed by atoms with Crippen molar-refractivity contribution >= 4 is 50.6 Å². The molecular formula is C69H81N13O4. The highest BCUT2D eigenvalue weighted by atomic mass is 16.6. The number of aromatic nitrogens is 4. The summed E-state index contributed by atoms with van der Waals surface area (Å²) in [6.45, 7) is 30.3. The smallest absolute Gasteiger partial charge is 0.410 e. The highest BCUT2D eigenvalue weighted by Gasteiger charge is 2.40. The summed E-state index contributed by atoms with van der Waals surface area (Å²) in [5.74, 6) is 2.28. The van der Waals surface area contributed by atoms with E-state index in [0.29, 0.717) is 63.9 Å². The molecule has 5 aromatic carbocycles. The van der Waals surface area contributed by atoms with Crippen LogP contribution in [0.4, 0.5) is 27.8 Å². The van der Waals surface area contributed by atoms with Gasteiger partial charge >= 0.3 is 18.1 Å². The maximum Gasteiger partial charge on any atom is 0.410 e. The van der Waals surface area contributed by atoms with Crippen LogP contribution in [0.2, 0.25) is 0 Å². The third-order valence-electron chi connectivity index (χ3n) is 19.2. The van der Waals surface area contributed by atoms with Crippen molar-refractivity contribution in [1.29, 1.82) is 0 Å². The van der Waals surface area contributed by atoms with E-state index in [0.717, 1.165) is 125 Å². The molecule has 4 atom stereocenters. The Bertz CT molecular complexity index is 3620. The van der Waals surface area contributed by atoms with E-state index in [2.05, 4.69) is 152 Å². The van der Waals surface area contributed by atoms with E-state index >= 15 is 0 Å². The number of anilines is 4. The third-order valence-corrected chi connectivity index (χ3v) is 19.2. The first-order chi connectivity index (χ1) is 42.0. The molecule has 17 nitrogen and oxygen atoms in total. The van der Waals surface area contributed by atoms with Crippen LogP contribution in [0.25, 0.3) is 31.2 Å². The molecule has 0 radical (unpaired) electrons. The van der Waals surface area contributed by atoms with Crippen LogP contribution in [0.15, 0.2) is 115 Å². The van der Waals surface area contributed by atoms with Gasteiger partial charge in [0.25, 0.3) is 0 Å². The van der Waals surface area contributed by atoms with Crippen LogP contribution in [-0.4, -0.2) is 157 Å². The topological polar surface area (TPSA) is 128 Å². The molecule has 86 heavy (non-hydrogen) atoms. The van der Waals surface area contributed by atoms with Gasteiger partial charge in [-0.3, -0.25) is 14.7 Å². The van der Waals surface area contributed by atoms with E-state index in [1.165, 1.54) is 44.9 Å². The van der Waals surface area contributed by atoms with E-state index in [1.807, 2.05) is 30.3 Å². The molecular weight excluding hydrogens is 1070 g/mol. The molecule has 0 saturated carbocycles. The lowest BCUT2D eigenvalue weighted by atomic mass is 9.96. The first-order valence-electron chi connectivity index (χ1n) is 31.0. The fraction of sp³-hybridized carbons (Fsp3) is 0.464. The summed E-state index contributed by atoms with van der Waals surface area (Å²) in [7, 11) is 4.34. The lowest BCUT2D eigenvalue weighted by molar-refractivity contribution is 0.0787. The molecule has 7 aromatic rings. The molecule has 2 unspecified atom stereocenters. The Kier molecular flexibility index (Phi) is 17.4. The van der Waals surface area contributed by atoms with Crippen molar-refractivity contribution in [3.63, 3.8) is 0 Å². The highest BCUT2D eigenvalue weighted by Crippen LogP contribution is 2.39. The third kappa shape index (κ3) is 12.5. The summed E-state index contributed by atoms with van der Waals surface area (Å²) in [5.41, 5.74) is 7.73. The van der Waals surface area contributed by atoms with Crippen molar-refractivity contribution in [2.75, 3.05) is 119 Å². The number of ether oxygens (including phenoxy) is 3. The van der Waals surface area contributed by atoms with Crippen LogP contribution in [0.1, 0.15) is 80.5 Å². The molecule has 446 valence electrons. The van der Waals surface area contributed by atoms with Gasteiger partial charge in [0.05, 0.1) is 35.6 Å². The fourth-order valence-electron chi connectivity index (χ4n) is 13.8. The van der Waals surface area contributed by atoms with Gasteiger partial charge in [0.1, 0.15) is 37.5 Å². The average molecular weight is 1160 g/mol. The van der Waals surface area contributed by atoms with Gasteiger partial charge in [-0.15, -0.1) is 0 Å². The van der Waals surface area contributed by atoms with Gasteiger partial charge < -0.3 is 43.5 Å². The number of hydrogen-bond donors (Lipinski definition) is 0. The first kappa shape index (κ1) is 58.1. The van der Waals surface area contributed by atoms with E-state index in [-0.39, 0.29) is 36.4 Å². The number of fused-ring (bicyclic) bond motifs is 4. The van der Waals surface area contributed by atoms with Gasteiger partial charge in [0, 0.05) is 85.0 Å². The maximum atomic E-state index is 13.2. The second kappa shape index (κ2) is 25.8. The summed E-state index contributed by atoms with van der Waals surface area (Å²) in [6.07, 6.45) is 8.04. The summed E-state index contributed by atoms with van der Waals surface area (Å²) in [4.78, 5) is 56.8. The Morgan fingerprint density at radius 2 is 1.09 bits per heavy atom. The van der Waals surface area contributed by atoms with E-state index in [1.54, 1.807) is 4.90 Å². The number of piperazine rings is 1. The monoisotopic (exact) mass is 1160 g/mol. The minimum Gasteiger partial charge on any atom is -0.461 e. The molecule has 4 fully saturated rings. The second-order valence-electron chi connectivity index (χ2n) is 24.9. The van der Waals surface area contributed by atoms with Gasteiger partial charge in [-0.1, -0.05) is 103 Å². The number of piperidine rings is 1. The molecule has 0 aliphatic carbocycles. The Balaban J connectivity index is 0.000000173. The maximum absolute atomic E-state index is 13.2. The first-order valence-corrected chi connectivity index (χ1v) is 31.0. The quantitative estimate of drug-likeness (QED) is 0.0958. The SMILES string of the molecule is [C-]#[N+]CC1CCCN(c2nc(OC[C@]3(C)CCCN3C)nc3c2CCN(c2cccc4ccccc24)C3)C1.[C-]#[N+]CC1CN(c2nc(OC[C@]3(C)CCCN3C)nc3c2CCN(c2cccc4ccccc24)C3)CCN1C(=O)OCc1ccccc1. The highest BCUT2D eigenvalue weighted by molar-refractivity contribution is 5.95. The summed E-state index contributed by atoms with van der Waals surface area (Å²) in [5, 5.41) is 4.98. The number of carbonyl (C=O) groups excluding carboxylic acids is 1. The molecule has 17 heteroatoms. The summed E-state index contributed by atoms with van der Waals surface area (Å²) >= 11 is 0. The number of nitrogens with zero attached hydrogens (tertiary/aromatic N) is 13. The predicted molar refractivity (Wildman–Crippen MR) is 340 cm³/mol. The molecule has 13 rings (SSSR count). The van der Waals surface area contributed by atoms with Crippen LogP contribution >= 0.6 is 0 Å². The van der Waals surface area contributed by atoms with Gasteiger partial charge in [0.15, 0.2) is 0 Å². The van der Waals surface area contributed by atoms with Crippen LogP contribution in [0.5, 0.6) is 12.0 Å². The molecule has 0 bridgehead atoms. The molecule has 0 spiro atoms. The molecule has 6 aliphatic heterocycles. The molecule has 6 aliphatic rings. The Morgan fingerprint density at radius 1 is 0.570 bits per heavy atom. The zero-order chi connectivity index (χ0) is 59.2. The Morgan fingerprint density at radius 3 is 1.63 bits per heavy atom. The lowest BCUT2D eigenvalue weighted by Gasteiger charge is -2.41. The summed E-state index contributed by atoms with van der Waals surface area (Å²) < 4.78 is 18.5. The van der Waals surface area contributed by atoms with E-state index < -0.39 is 0 Å². The minimum absolute atomic E-state index is 0.0142. The normalized spacial score (nSPS) is 22.4. The Hall–Kier alpha value is -8.25. The van der Waals surface area contributed by atoms with Gasteiger partial charge in [-0.25, -0.2) is 17.9 Å². The predicted octanol–water partition coefficient (Wildman–Crippen LogP) is 11.0. The largest absolute Gasteiger partial charge is 0.461 e. The summed E-state index contributed by atoms with van der Waals surface area (Å²) in [6, 6.07) is 40.4. The second-order valence-corrected chi connectivity index (χ2v) is 24.9. The number of rotatable bonds is 14. The van der Waals surface area contributed by atoms with Crippen molar-refractivity contribution in [1.82, 2.24) is 34.6 Å². The number of likely N-dealkylation sites (N-methyl/N-ethyl adjacent to an activating group) is 2. The molecule has 8 heterocycles. The van der Waals surface area contributed by atoms with Crippen molar-refractivity contribution in [3.05, 3.63) is 166 Å². The van der Waals surface area contributed by atoms with Crippen LogP contribution in [0.3, 0.4) is 0 Å². The van der Waals surface area contributed by atoms with Gasteiger partial charge in [0.2, 0.25) is 13.1 Å². The lowest BCUT2D eigenvalue weighted by Crippen LogP contribution is -2.57. The van der Waals surface area contributed by atoms with Crippen molar-refractivity contribution < 1.29 is 19.0 Å². The Labute approximate surface area is 507 Å². The van der Waals surface area contributed by atoms with E-state index in [4.69, 9.17) is 47.3 Å². The molecule has 4 saturated heterocycles. The average Bonchev–Trinajstić information content (AvgIpc) is 1.51. The van der Waals surface area contributed by atoms with Crippen LogP contribution in [0, 0.1) is 19.1 Å². The molecule has 2 aromatic heterocycles. The minimum atomic E-state index is -0.388. The molecule has 0 N–H and O–H groups in total. The fourth-order valence-corrected chi connectivity index (χ4v) is 13.8.